The Labute approximate surface area is 176 Å². The Hall–Kier alpha value is -3.95. The van der Waals surface area contributed by atoms with E-state index in [1.807, 2.05) is 0 Å². The highest BCUT2D eigenvalue weighted by Crippen LogP contribution is 2.42. The highest BCUT2D eigenvalue weighted by molar-refractivity contribution is 6.07. The zero-order valence-corrected chi connectivity index (χ0v) is 15.9. The summed E-state index contributed by atoms with van der Waals surface area (Å²) in [5.41, 5.74) is 3.26. The molecule has 0 saturated heterocycles. The quantitative estimate of drug-likeness (QED) is 0.117. The Morgan fingerprint density at radius 3 is 2.22 bits per heavy atom. The van der Waals surface area contributed by atoms with Gasteiger partial charge in [-0.05, 0) is 53.6 Å². The summed E-state index contributed by atoms with van der Waals surface area (Å²) >= 11 is 0. The Morgan fingerprint density at radius 1 is 0.906 bits per heavy atom. The molecule has 3 aromatic carbocycles. The van der Waals surface area contributed by atoms with E-state index in [2.05, 4.69) is 10.1 Å². The van der Waals surface area contributed by atoms with Crippen LogP contribution >= 0.6 is 0 Å². The summed E-state index contributed by atoms with van der Waals surface area (Å²) in [4.78, 5) is 2.78. The van der Waals surface area contributed by atoms with Crippen molar-refractivity contribution in [3.05, 3.63) is 83.3 Å². The standard InChI is InChI=1S/C22H13F6N3O/c23-13-3-11(4-14(24)8-13)20-16(15-5-10-1-2-30-19(10)9-18(15)25)6-12(22(26,27)28)7-17(20)21(29)31-32/h1-9,30,32H,(H2,29,31). The van der Waals surface area contributed by atoms with E-state index in [0.717, 1.165) is 18.2 Å². The largest absolute Gasteiger partial charge is 0.416 e. The van der Waals surface area contributed by atoms with E-state index in [1.54, 1.807) is 6.07 Å². The molecule has 1 heterocycles. The lowest BCUT2D eigenvalue weighted by molar-refractivity contribution is -0.137. The third kappa shape index (κ3) is 3.75. The maximum absolute atomic E-state index is 15.0. The Morgan fingerprint density at radius 2 is 1.59 bits per heavy atom. The molecular formula is C22H13F6N3O. The van der Waals surface area contributed by atoms with Gasteiger partial charge in [-0.1, -0.05) is 5.16 Å². The summed E-state index contributed by atoms with van der Waals surface area (Å²) in [5.74, 6) is -3.67. The normalized spacial score (nSPS) is 12.5. The van der Waals surface area contributed by atoms with Gasteiger partial charge in [-0.15, -0.1) is 0 Å². The van der Waals surface area contributed by atoms with Crippen molar-refractivity contribution < 1.29 is 31.5 Å². The van der Waals surface area contributed by atoms with Gasteiger partial charge in [0.2, 0.25) is 0 Å². The maximum atomic E-state index is 15.0. The molecule has 0 aliphatic rings. The second-order valence-electron chi connectivity index (χ2n) is 6.98. The number of nitrogens with zero attached hydrogens (tertiary/aromatic N) is 1. The summed E-state index contributed by atoms with van der Waals surface area (Å²) in [6.07, 6.45) is -3.36. The Kier molecular flexibility index (Phi) is 5.08. The zero-order chi connectivity index (χ0) is 23.2. The van der Waals surface area contributed by atoms with E-state index in [4.69, 9.17) is 10.9 Å². The van der Waals surface area contributed by atoms with Gasteiger partial charge in [0.15, 0.2) is 5.84 Å². The fraction of sp³-hybridized carbons (Fsp3) is 0.0455. The molecule has 4 nitrogen and oxygen atoms in total. The first-order valence-corrected chi connectivity index (χ1v) is 9.05. The van der Waals surface area contributed by atoms with Crippen LogP contribution in [0.3, 0.4) is 0 Å². The lowest BCUT2D eigenvalue weighted by atomic mass is 9.87. The monoisotopic (exact) mass is 449 g/mol. The Bertz CT molecular complexity index is 1350. The van der Waals surface area contributed by atoms with Crippen molar-refractivity contribution in [3.63, 3.8) is 0 Å². The van der Waals surface area contributed by atoms with Gasteiger partial charge in [-0.2, -0.15) is 13.2 Å². The molecular weight excluding hydrogens is 436 g/mol. The van der Waals surface area contributed by atoms with Crippen LogP contribution in [0.15, 0.2) is 59.9 Å². The van der Waals surface area contributed by atoms with Crippen molar-refractivity contribution in [1.82, 2.24) is 4.98 Å². The highest BCUT2D eigenvalue weighted by Gasteiger charge is 2.34. The van der Waals surface area contributed by atoms with Gasteiger partial charge in [-0.3, -0.25) is 0 Å². The SMILES string of the molecule is N/C(=N\O)c1cc(C(F)(F)F)cc(-c2cc3cc[nH]c3cc2F)c1-c1cc(F)cc(F)c1. The number of hydrogen-bond donors (Lipinski definition) is 3. The predicted molar refractivity (Wildman–Crippen MR) is 107 cm³/mol. The topological polar surface area (TPSA) is 74.4 Å². The fourth-order valence-corrected chi connectivity index (χ4v) is 3.56. The van der Waals surface area contributed by atoms with Gasteiger partial charge < -0.3 is 15.9 Å². The molecule has 4 rings (SSSR count). The van der Waals surface area contributed by atoms with Gasteiger partial charge in [0.05, 0.1) is 5.56 Å². The molecule has 0 saturated carbocycles. The first-order chi connectivity index (χ1) is 15.1. The molecule has 4 N–H and O–H groups in total. The summed E-state index contributed by atoms with van der Waals surface area (Å²) in [6, 6.07) is 7.48. The number of fused-ring (bicyclic) bond motifs is 1. The minimum absolute atomic E-state index is 0.221. The third-order valence-corrected chi connectivity index (χ3v) is 4.93. The van der Waals surface area contributed by atoms with E-state index < -0.39 is 40.6 Å². The molecule has 32 heavy (non-hydrogen) atoms. The van der Waals surface area contributed by atoms with Gasteiger partial charge in [0.1, 0.15) is 17.5 Å². The van der Waals surface area contributed by atoms with Crippen molar-refractivity contribution in [3.8, 4) is 22.3 Å². The summed E-state index contributed by atoms with van der Waals surface area (Å²) in [6.45, 7) is 0. The van der Waals surface area contributed by atoms with Crippen molar-refractivity contribution in [2.45, 2.75) is 6.18 Å². The van der Waals surface area contributed by atoms with Crippen LogP contribution in [0, 0.1) is 17.5 Å². The summed E-state index contributed by atoms with van der Waals surface area (Å²) in [5, 5.41) is 12.4. The molecule has 1 aromatic heterocycles. The number of hydrogen-bond acceptors (Lipinski definition) is 2. The molecule has 0 amide bonds. The van der Waals surface area contributed by atoms with Gasteiger partial charge in [-0.25, -0.2) is 13.2 Å². The van der Waals surface area contributed by atoms with Crippen LogP contribution in [0.4, 0.5) is 26.3 Å². The summed E-state index contributed by atoms with van der Waals surface area (Å²) in [7, 11) is 0. The van der Waals surface area contributed by atoms with Crippen LogP contribution in [0.1, 0.15) is 11.1 Å². The van der Waals surface area contributed by atoms with E-state index in [1.165, 1.54) is 12.3 Å². The summed E-state index contributed by atoms with van der Waals surface area (Å²) < 4.78 is 83.9. The number of oxime groups is 1. The van der Waals surface area contributed by atoms with E-state index in [-0.39, 0.29) is 22.3 Å². The number of benzene rings is 3. The molecule has 0 spiro atoms. The number of aromatic nitrogens is 1. The number of aromatic amines is 1. The minimum atomic E-state index is -4.88. The van der Waals surface area contributed by atoms with Gasteiger partial charge in [0.25, 0.3) is 0 Å². The number of alkyl halides is 3. The van der Waals surface area contributed by atoms with Crippen molar-refractivity contribution in [2.24, 2.45) is 10.9 Å². The minimum Gasteiger partial charge on any atom is -0.409 e. The van der Waals surface area contributed by atoms with Crippen LogP contribution in [-0.4, -0.2) is 16.0 Å². The first kappa shape index (κ1) is 21.3. The lowest BCUT2D eigenvalue weighted by Gasteiger charge is -2.19. The lowest BCUT2D eigenvalue weighted by Crippen LogP contribution is -2.17. The average Bonchev–Trinajstić information content (AvgIpc) is 3.17. The molecule has 0 bridgehead atoms. The molecule has 4 aromatic rings. The average molecular weight is 449 g/mol. The fourth-order valence-electron chi connectivity index (χ4n) is 3.56. The molecule has 10 heteroatoms. The number of nitrogens with one attached hydrogen (secondary N) is 1. The van der Waals surface area contributed by atoms with E-state index in [0.29, 0.717) is 29.1 Å². The van der Waals surface area contributed by atoms with Crippen LogP contribution < -0.4 is 5.73 Å². The maximum Gasteiger partial charge on any atom is 0.416 e. The van der Waals surface area contributed by atoms with Crippen LogP contribution in [0.2, 0.25) is 0 Å². The number of rotatable bonds is 3. The van der Waals surface area contributed by atoms with Gasteiger partial charge in [0, 0.05) is 39.9 Å². The number of nitrogens with two attached hydrogens (primary N) is 1. The smallest absolute Gasteiger partial charge is 0.409 e. The van der Waals surface area contributed by atoms with E-state index >= 15 is 4.39 Å². The van der Waals surface area contributed by atoms with E-state index in [9.17, 15) is 22.0 Å². The van der Waals surface area contributed by atoms with Crippen molar-refractivity contribution in [1.29, 1.82) is 0 Å². The molecule has 0 aliphatic carbocycles. The number of H-pyrrole nitrogens is 1. The molecule has 0 fully saturated rings. The highest BCUT2D eigenvalue weighted by atomic mass is 19.4. The molecule has 0 aliphatic heterocycles. The van der Waals surface area contributed by atoms with Crippen LogP contribution in [0.25, 0.3) is 33.2 Å². The Balaban J connectivity index is 2.18. The first-order valence-electron chi connectivity index (χ1n) is 9.05. The number of halogens is 6. The second-order valence-corrected chi connectivity index (χ2v) is 6.98. The van der Waals surface area contributed by atoms with Crippen LogP contribution in [0.5, 0.6) is 0 Å². The third-order valence-electron chi connectivity index (χ3n) is 4.93. The van der Waals surface area contributed by atoms with Crippen molar-refractivity contribution in [2.75, 3.05) is 0 Å². The van der Waals surface area contributed by atoms with Gasteiger partial charge >= 0.3 is 6.18 Å². The van der Waals surface area contributed by atoms with Crippen molar-refractivity contribution >= 4 is 16.7 Å². The molecule has 0 unspecified atom stereocenters. The number of amidine groups is 1. The molecule has 164 valence electrons. The zero-order valence-electron chi connectivity index (χ0n) is 15.9. The predicted octanol–water partition coefficient (Wildman–Crippen LogP) is 6.03. The molecule has 0 radical (unpaired) electrons. The molecule has 0 atom stereocenters. The van der Waals surface area contributed by atoms with Crippen LogP contribution in [-0.2, 0) is 6.18 Å². The second kappa shape index (κ2) is 7.63.